The van der Waals surface area contributed by atoms with Crippen molar-refractivity contribution in [3.63, 3.8) is 0 Å². The maximum atomic E-state index is 12.2. The molecule has 1 aliphatic rings. The first-order valence-electron chi connectivity index (χ1n) is 6.87. The zero-order valence-corrected chi connectivity index (χ0v) is 12.3. The van der Waals surface area contributed by atoms with Gasteiger partial charge in [-0.05, 0) is 20.3 Å². The molecule has 1 aromatic rings. The second kappa shape index (κ2) is 6.42. The molecule has 8 nitrogen and oxygen atoms in total. The molecule has 0 radical (unpaired) electrons. The standard InChI is InChI=1S/C14H16N2O6/c1-3-21-13(19)9-7-15-11-8(5-6-16(11)12(9)18)10(17)14(20)22-4-2/h7,17H,3-6H2,1-2H3/b10-8-. The average molecular weight is 308 g/mol. The van der Waals surface area contributed by atoms with Gasteiger partial charge >= 0.3 is 11.9 Å². The average Bonchev–Trinajstić information content (AvgIpc) is 2.92. The number of rotatable bonds is 4. The number of carbonyl (C=O) groups is 2. The van der Waals surface area contributed by atoms with Crippen molar-refractivity contribution in [3.8, 4) is 0 Å². The molecule has 118 valence electrons. The Kier molecular flexibility index (Phi) is 4.59. The van der Waals surface area contributed by atoms with Crippen LogP contribution in [0.4, 0.5) is 0 Å². The van der Waals surface area contributed by atoms with E-state index in [1.54, 1.807) is 13.8 Å². The highest BCUT2D eigenvalue weighted by atomic mass is 16.5. The molecule has 2 rings (SSSR count). The lowest BCUT2D eigenvalue weighted by Crippen LogP contribution is -2.28. The molecule has 1 aromatic heterocycles. The van der Waals surface area contributed by atoms with Crippen molar-refractivity contribution in [2.24, 2.45) is 0 Å². The SMILES string of the molecule is CCOC(=O)/C(O)=C1\CCn2c1ncc(C(=O)OCC)c2=O. The van der Waals surface area contributed by atoms with Crippen LogP contribution in [0.15, 0.2) is 16.8 Å². The second-order valence-corrected chi connectivity index (χ2v) is 4.47. The van der Waals surface area contributed by atoms with E-state index < -0.39 is 23.3 Å². The Balaban J connectivity index is 2.45. The van der Waals surface area contributed by atoms with Crippen molar-refractivity contribution in [2.75, 3.05) is 13.2 Å². The summed E-state index contributed by atoms with van der Waals surface area (Å²) in [5.74, 6) is -2.02. The minimum Gasteiger partial charge on any atom is -0.502 e. The lowest BCUT2D eigenvalue weighted by molar-refractivity contribution is -0.141. The zero-order valence-electron chi connectivity index (χ0n) is 12.3. The molecule has 0 atom stereocenters. The van der Waals surface area contributed by atoms with Crippen molar-refractivity contribution in [1.29, 1.82) is 0 Å². The molecular formula is C14H16N2O6. The minimum absolute atomic E-state index is 0.123. The van der Waals surface area contributed by atoms with Gasteiger partial charge in [0.25, 0.3) is 5.56 Å². The molecule has 1 aliphatic heterocycles. The van der Waals surface area contributed by atoms with Crippen molar-refractivity contribution < 1.29 is 24.2 Å². The van der Waals surface area contributed by atoms with Crippen LogP contribution in [-0.2, 0) is 20.8 Å². The third-order valence-corrected chi connectivity index (χ3v) is 3.15. The van der Waals surface area contributed by atoms with Gasteiger partial charge in [-0.15, -0.1) is 0 Å². The van der Waals surface area contributed by atoms with Gasteiger partial charge in [0, 0.05) is 18.3 Å². The summed E-state index contributed by atoms with van der Waals surface area (Å²) in [5.41, 5.74) is -0.511. The maximum Gasteiger partial charge on any atom is 0.373 e. The number of fused-ring (bicyclic) bond motifs is 1. The van der Waals surface area contributed by atoms with Crippen LogP contribution in [0.25, 0.3) is 5.57 Å². The third-order valence-electron chi connectivity index (χ3n) is 3.15. The molecule has 0 saturated heterocycles. The van der Waals surface area contributed by atoms with Crippen LogP contribution in [-0.4, -0.2) is 39.8 Å². The fourth-order valence-electron chi connectivity index (χ4n) is 2.17. The monoisotopic (exact) mass is 308 g/mol. The predicted octanol–water partition coefficient (Wildman–Crippen LogP) is 0.656. The summed E-state index contributed by atoms with van der Waals surface area (Å²) in [4.78, 5) is 39.5. The van der Waals surface area contributed by atoms with Gasteiger partial charge in [0.15, 0.2) is 0 Å². The number of esters is 2. The topological polar surface area (TPSA) is 108 Å². The Labute approximate surface area is 126 Å². The highest BCUT2D eigenvalue weighted by Gasteiger charge is 2.28. The van der Waals surface area contributed by atoms with Gasteiger partial charge < -0.3 is 14.6 Å². The quantitative estimate of drug-likeness (QED) is 0.494. The summed E-state index contributed by atoms with van der Waals surface area (Å²) in [6.07, 6.45) is 1.34. The van der Waals surface area contributed by atoms with E-state index in [0.717, 1.165) is 6.20 Å². The summed E-state index contributed by atoms with van der Waals surface area (Å²) >= 11 is 0. The number of nitrogens with zero attached hydrogens (tertiary/aromatic N) is 2. The van der Waals surface area contributed by atoms with Crippen LogP contribution in [0.3, 0.4) is 0 Å². The molecule has 1 N–H and O–H groups in total. The number of hydrogen-bond acceptors (Lipinski definition) is 7. The third kappa shape index (κ3) is 2.72. The predicted molar refractivity (Wildman–Crippen MR) is 75.3 cm³/mol. The van der Waals surface area contributed by atoms with Crippen LogP contribution in [0, 0.1) is 0 Å². The molecule has 22 heavy (non-hydrogen) atoms. The molecule has 8 heteroatoms. The van der Waals surface area contributed by atoms with E-state index in [4.69, 9.17) is 9.47 Å². The van der Waals surface area contributed by atoms with Gasteiger partial charge in [-0.3, -0.25) is 9.36 Å². The number of aliphatic hydroxyl groups excluding tert-OH is 1. The molecule has 0 saturated carbocycles. The molecule has 0 aliphatic carbocycles. The molecular weight excluding hydrogens is 292 g/mol. The molecule has 0 spiro atoms. The lowest BCUT2D eigenvalue weighted by Gasteiger charge is -2.07. The first kappa shape index (κ1) is 15.7. The Morgan fingerprint density at radius 1 is 1.32 bits per heavy atom. The van der Waals surface area contributed by atoms with Gasteiger partial charge in [0.2, 0.25) is 5.76 Å². The summed E-state index contributed by atoms with van der Waals surface area (Å²) < 4.78 is 10.7. The van der Waals surface area contributed by atoms with Gasteiger partial charge in [-0.1, -0.05) is 0 Å². The van der Waals surface area contributed by atoms with E-state index in [2.05, 4.69) is 4.98 Å². The maximum absolute atomic E-state index is 12.2. The molecule has 0 bridgehead atoms. The number of allylic oxidation sites excluding steroid dienone is 1. The highest BCUT2D eigenvalue weighted by molar-refractivity contribution is 5.95. The Hall–Kier alpha value is -2.64. The summed E-state index contributed by atoms with van der Waals surface area (Å²) in [5, 5.41) is 9.91. The highest BCUT2D eigenvalue weighted by Crippen LogP contribution is 2.26. The van der Waals surface area contributed by atoms with Crippen LogP contribution in [0.2, 0.25) is 0 Å². The summed E-state index contributed by atoms with van der Waals surface area (Å²) in [6.45, 7) is 3.74. The van der Waals surface area contributed by atoms with E-state index in [1.165, 1.54) is 4.57 Å². The van der Waals surface area contributed by atoms with Crippen molar-refractivity contribution in [1.82, 2.24) is 9.55 Å². The fraction of sp³-hybridized carbons (Fsp3) is 0.429. The Bertz CT molecular complexity index is 704. The van der Waals surface area contributed by atoms with Crippen molar-refractivity contribution >= 4 is 17.5 Å². The van der Waals surface area contributed by atoms with Crippen molar-refractivity contribution in [2.45, 2.75) is 26.8 Å². The van der Waals surface area contributed by atoms with Gasteiger partial charge in [-0.25, -0.2) is 14.6 Å². The molecule has 0 amide bonds. The Morgan fingerprint density at radius 2 is 2.00 bits per heavy atom. The number of ether oxygens (including phenoxy) is 2. The first-order chi connectivity index (χ1) is 10.5. The fourth-order valence-corrected chi connectivity index (χ4v) is 2.17. The van der Waals surface area contributed by atoms with Gasteiger partial charge in [-0.2, -0.15) is 0 Å². The van der Waals surface area contributed by atoms with Crippen LogP contribution < -0.4 is 5.56 Å². The second-order valence-electron chi connectivity index (χ2n) is 4.47. The minimum atomic E-state index is -0.866. The number of carbonyl (C=O) groups excluding carboxylic acids is 2. The van der Waals surface area contributed by atoms with E-state index in [0.29, 0.717) is 0 Å². The van der Waals surface area contributed by atoms with Crippen molar-refractivity contribution in [3.05, 3.63) is 33.7 Å². The van der Waals surface area contributed by atoms with Crippen LogP contribution in [0.1, 0.15) is 36.5 Å². The number of aliphatic hydroxyl groups is 1. The summed E-state index contributed by atoms with van der Waals surface area (Å²) in [6, 6.07) is 0. The molecule has 2 heterocycles. The molecule has 0 fully saturated rings. The zero-order chi connectivity index (χ0) is 16.3. The molecule has 0 unspecified atom stereocenters. The normalized spacial score (nSPS) is 15.2. The smallest absolute Gasteiger partial charge is 0.373 e. The number of hydrogen-bond donors (Lipinski definition) is 1. The largest absolute Gasteiger partial charge is 0.502 e. The van der Waals surface area contributed by atoms with E-state index in [-0.39, 0.29) is 43.1 Å². The first-order valence-corrected chi connectivity index (χ1v) is 6.87. The number of aromatic nitrogens is 2. The Morgan fingerprint density at radius 3 is 2.64 bits per heavy atom. The van der Waals surface area contributed by atoms with E-state index in [9.17, 15) is 19.5 Å². The lowest BCUT2D eigenvalue weighted by atomic mass is 10.2. The van der Waals surface area contributed by atoms with Gasteiger partial charge in [0.1, 0.15) is 11.4 Å². The van der Waals surface area contributed by atoms with Crippen LogP contribution in [0.5, 0.6) is 0 Å². The van der Waals surface area contributed by atoms with E-state index >= 15 is 0 Å². The van der Waals surface area contributed by atoms with E-state index in [1.807, 2.05) is 0 Å². The summed E-state index contributed by atoms with van der Waals surface area (Å²) in [7, 11) is 0. The molecule has 0 aromatic carbocycles. The van der Waals surface area contributed by atoms with Gasteiger partial charge in [0.05, 0.1) is 13.2 Å². The van der Waals surface area contributed by atoms with Crippen LogP contribution >= 0.6 is 0 Å².